The van der Waals surface area contributed by atoms with Gasteiger partial charge in [-0.15, -0.1) is 0 Å². The van der Waals surface area contributed by atoms with Crippen LogP contribution in [0.2, 0.25) is 0 Å². The quantitative estimate of drug-likeness (QED) is 0.720. The maximum Gasteiger partial charge on any atom is 0.296 e. The summed E-state index contributed by atoms with van der Waals surface area (Å²) in [6, 6.07) is 6.62. The largest absolute Gasteiger partial charge is 0.353 e. The van der Waals surface area contributed by atoms with Gasteiger partial charge in [-0.05, 0) is 51.7 Å². The number of aryl methyl sites for hydroxylation is 1. The number of hydrogen-bond donors (Lipinski definition) is 0. The van der Waals surface area contributed by atoms with Gasteiger partial charge >= 0.3 is 0 Å². The predicted molar refractivity (Wildman–Crippen MR) is 83.1 cm³/mol. The van der Waals surface area contributed by atoms with Crippen molar-refractivity contribution in [2.24, 2.45) is 0 Å². The van der Waals surface area contributed by atoms with Crippen LogP contribution in [0.3, 0.4) is 0 Å². The molecule has 1 fully saturated rings. The molecule has 6 heteroatoms. The van der Waals surface area contributed by atoms with Gasteiger partial charge in [0.15, 0.2) is 6.29 Å². The maximum absolute atomic E-state index is 12.0. The lowest BCUT2D eigenvalue weighted by Crippen LogP contribution is -2.27. The topological polar surface area (TPSA) is 61.8 Å². The van der Waals surface area contributed by atoms with Crippen LogP contribution in [-0.2, 0) is 23.8 Å². The van der Waals surface area contributed by atoms with E-state index in [4.69, 9.17) is 13.7 Å². The zero-order chi connectivity index (χ0) is 16.0. The molecule has 1 unspecified atom stereocenters. The summed E-state index contributed by atoms with van der Waals surface area (Å²) in [6.45, 7) is 4.64. The highest BCUT2D eigenvalue weighted by Gasteiger charge is 2.19. The number of hydrogen-bond acceptors (Lipinski definition) is 5. The van der Waals surface area contributed by atoms with Gasteiger partial charge in [0.2, 0.25) is 0 Å². The molecule has 0 aliphatic carbocycles. The smallest absolute Gasteiger partial charge is 0.296 e. The minimum atomic E-state index is -3.69. The Morgan fingerprint density at radius 3 is 2.64 bits per heavy atom. The molecule has 0 amide bonds. The van der Waals surface area contributed by atoms with E-state index in [1.807, 2.05) is 13.8 Å². The molecule has 1 heterocycles. The molecular formula is C16H24O5S. The Bertz CT molecular complexity index is 546. The third-order valence-corrected chi connectivity index (χ3v) is 4.92. The highest BCUT2D eigenvalue weighted by atomic mass is 32.2. The Labute approximate surface area is 132 Å². The summed E-state index contributed by atoms with van der Waals surface area (Å²) in [5, 5.41) is 0. The summed E-state index contributed by atoms with van der Waals surface area (Å²) < 4.78 is 40.3. The molecule has 1 aliphatic rings. The number of ether oxygens (including phenoxy) is 2. The SMILES string of the molecule is Cc1ccc(S(=O)(=O)OCC[C@H](C)OC2CCCCO2)cc1. The first kappa shape index (κ1) is 17.4. The molecule has 0 spiro atoms. The van der Waals surface area contributed by atoms with E-state index < -0.39 is 10.1 Å². The van der Waals surface area contributed by atoms with E-state index in [2.05, 4.69) is 0 Å². The van der Waals surface area contributed by atoms with Crippen molar-refractivity contribution in [3.63, 3.8) is 0 Å². The Morgan fingerprint density at radius 2 is 2.00 bits per heavy atom. The van der Waals surface area contributed by atoms with Crippen molar-refractivity contribution in [1.82, 2.24) is 0 Å². The molecule has 2 rings (SSSR count). The summed E-state index contributed by atoms with van der Waals surface area (Å²) >= 11 is 0. The molecular weight excluding hydrogens is 304 g/mol. The Kier molecular flexibility index (Phi) is 6.37. The minimum Gasteiger partial charge on any atom is -0.353 e. The fourth-order valence-corrected chi connectivity index (χ4v) is 3.16. The van der Waals surface area contributed by atoms with Crippen molar-refractivity contribution in [2.45, 2.75) is 56.8 Å². The first-order valence-corrected chi connectivity index (χ1v) is 9.11. The van der Waals surface area contributed by atoms with Crippen molar-refractivity contribution in [3.05, 3.63) is 29.8 Å². The van der Waals surface area contributed by atoms with Gasteiger partial charge in [0.1, 0.15) is 0 Å². The van der Waals surface area contributed by atoms with Gasteiger partial charge in [0.05, 0.1) is 17.6 Å². The zero-order valence-corrected chi connectivity index (χ0v) is 14.0. The van der Waals surface area contributed by atoms with E-state index in [0.29, 0.717) is 6.42 Å². The maximum atomic E-state index is 12.0. The molecule has 1 aromatic rings. The van der Waals surface area contributed by atoms with Crippen LogP contribution in [-0.4, -0.2) is 34.0 Å². The van der Waals surface area contributed by atoms with Crippen LogP contribution >= 0.6 is 0 Å². The summed E-state index contributed by atoms with van der Waals surface area (Å²) in [4.78, 5) is 0.183. The van der Waals surface area contributed by atoms with Crippen molar-refractivity contribution in [1.29, 1.82) is 0 Å². The van der Waals surface area contributed by atoms with E-state index in [1.165, 1.54) is 0 Å². The Balaban J connectivity index is 1.75. The van der Waals surface area contributed by atoms with E-state index in [-0.39, 0.29) is 23.9 Å². The molecule has 1 aliphatic heterocycles. The van der Waals surface area contributed by atoms with Gasteiger partial charge in [0, 0.05) is 6.61 Å². The number of benzene rings is 1. The van der Waals surface area contributed by atoms with Gasteiger partial charge in [-0.1, -0.05) is 17.7 Å². The van der Waals surface area contributed by atoms with Crippen LogP contribution in [0.5, 0.6) is 0 Å². The second-order valence-corrected chi connectivity index (χ2v) is 7.24. The minimum absolute atomic E-state index is 0.101. The monoisotopic (exact) mass is 328 g/mol. The van der Waals surface area contributed by atoms with E-state index in [0.717, 1.165) is 31.4 Å². The molecule has 0 bridgehead atoms. The Morgan fingerprint density at radius 1 is 1.27 bits per heavy atom. The molecule has 1 aromatic carbocycles. The summed E-state index contributed by atoms with van der Waals surface area (Å²) in [5.41, 5.74) is 1.01. The van der Waals surface area contributed by atoms with Crippen LogP contribution in [0.25, 0.3) is 0 Å². The number of rotatable bonds is 7. The fourth-order valence-electron chi connectivity index (χ4n) is 2.24. The summed E-state index contributed by atoms with van der Waals surface area (Å²) in [7, 11) is -3.69. The first-order chi connectivity index (χ1) is 10.5. The van der Waals surface area contributed by atoms with Crippen LogP contribution in [0.1, 0.15) is 38.2 Å². The van der Waals surface area contributed by atoms with Gasteiger partial charge in [-0.25, -0.2) is 0 Å². The van der Waals surface area contributed by atoms with Crippen molar-refractivity contribution in [3.8, 4) is 0 Å². The summed E-state index contributed by atoms with van der Waals surface area (Å²) in [6.07, 6.45) is 3.31. The highest BCUT2D eigenvalue weighted by molar-refractivity contribution is 7.86. The van der Waals surface area contributed by atoms with Crippen LogP contribution in [0.15, 0.2) is 29.2 Å². The normalized spacial score (nSPS) is 20.7. The average Bonchev–Trinajstić information content (AvgIpc) is 2.48. The van der Waals surface area contributed by atoms with Crippen LogP contribution < -0.4 is 0 Å². The summed E-state index contributed by atoms with van der Waals surface area (Å²) in [5.74, 6) is 0. The van der Waals surface area contributed by atoms with Gasteiger partial charge in [0.25, 0.3) is 10.1 Å². The Hall–Kier alpha value is -0.950. The molecule has 1 saturated heterocycles. The molecule has 5 nitrogen and oxygen atoms in total. The van der Waals surface area contributed by atoms with Gasteiger partial charge in [-0.2, -0.15) is 8.42 Å². The first-order valence-electron chi connectivity index (χ1n) is 7.70. The molecule has 0 aromatic heterocycles. The second-order valence-electron chi connectivity index (χ2n) is 5.62. The molecule has 2 atom stereocenters. The lowest BCUT2D eigenvalue weighted by molar-refractivity contribution is -0.186. The molecule has 0 N–H and O–H groups in total. The predicted octanol–water partition coefficient (Wildman–Crippen LogP) is 3.02. The lowest BCUT2D eigenvalue weighted by Gasteiger charge is -2.25. The van der Waals surface area contributed by atoms with Crippen LogP contribution in [0.4, 0.5) is 0 Å². The third-order valence-electron chi connectivity index (χ3n) is 3.59. The van der Waals surface area contributed by atoms with E-state index in [9.17, 15) is 8.42 Å². The lowest BCUT2D eigenvalue weighted by atomic mass is 10.2. The van der Waals surface area contributed by atoms with Crippen molar-refractivity contribution >= 4 is 10.1 Å². The van der Waals surface area contributed by atoms with Gasteiger partial charge in [-0.3, -0.25) is 4.18 Å². The molecule has 0 saturated carbocycles. The molecule has 124 valence electrons. The third kappa shape index (κ3) is 5.35. The van der Waals surface area contributed by atoms with Crippen molar-refractivity contribution in [2.75, 3.05) is 13.2 Å². The highest BCUT2D eigenvalue weighted by Crippen LogP contribution is 2.17. The molecule has 0 radical (unpaired) electrons. The average molecular weight is 328 g/mol. The van der Waals surface area contributed by atoms with E-state index in [1.54, 1.807) is 24.3 Å². The van der Waals surface area contributed by atoms with E-state index >= 15 is 0 Å². The van der Waals surface area contributed by atoms with Crippen LogP contribution in [0, 0.1) is 6.92 Å². The van der Waals surface area contributed by atoms with Crippen molar-refractivity contribution < 1.29 is 22.1 Å². The second kappa shape index (κ2) is 8.06. The molecule has 22 heavy (non-hydrogen) atoms. The zero-order valence-electron chi connectivity index (χ0n) is 13.2. The fraction of sp³-hybridized carbons (Fsp3) is 0.625. The standard InChI is InChI=1S/C16H24O5S/c1-13-6-8-15(9-7-13)22(17,18)20-12-10-14(2)21-16-5-3-4-11-19-16/h6-9,14,16H,3-5,10-12H2,1-2H3/t14-,16?/m0/s1. The van der Waals surface area contributed by atoms with Gasteiger partial charge < -0.3 is 9.47 Å².